The predicted molar refractivity (Wildman–Crippen MR) is 78.7 cm³/mol. The van der Waals surface area contributed by atoms with Crippen LogP contribution in [-0.4, -0.2) is 10.1 Å². The zero-order chi connectivity index (χ0) is 13.8. The molecule has 0 spiro atoms. The molecule has 0 aliphatic heterocycles. The van der Waals surface area contributed by atoms with Gasteiger partial charge in [0.2, 0.25) is 0 Å². The van der Waals surface area contributed by atoms with E-state index in [9.17, 15) is 5.11 Å². The summed E-state index contributed by atoms with van der Waals surface area (Å²) in [4.78, 5) is 4.03. The summed E-state index contributed by atoms with van der Waals surface area (Å²) in [6, 6.07) is 13.7. The molecule has 1 aliphatic carbocycles. The number of rotatable bonds is 4. The van der Waals surface area contributed by atoms with E-state index in [-0.39, 0.29) is 0 Å². The molecule has 1 aromatic heterocycles. The molecule has 1 fully saturated rings. The van der Waals surface area contributed by atoms with Gasteiger partial charge in [0.1, 0.15) is 5.60 Å². The number of nitrogens with zero attached hydrogens (tertiary/aromatic N) is 1. The summed E-state index contributed by atoms with van der Waals surface area (Å²) in [7, 11) is 0. The Morgan fingerprint density at radius 3 is 2.20 bits per heavy atom. The van der Waals surface area contributed by atoms with Gasteiger partial charge in [-0.15, -0.1) is 0 Å². The number of aliphatic hydroxyl groups is 1. The van der Waals surface area contributed by atoms with Crippen molar-refractivity contribution >= 4 is 0 Å². The molecule has 2 heteroatoms. The minimum Gasteiger partial charge on any atom is -0.384 e. The van der Waals surface area contributed by atoms with Gasteiger partial charge < -0.3 is 5.11 Å². The molecular formula is C18H16NO. The minimum atomic E-state index is -1.01. The van der Waals surface area contributed by atoms with Crippen molar-refractivity contribution in [3.05, 3.63) is 97.6 Å². The largest absolute Gasteiger partial charge is 0.384 e. The SMILES string of the molecule is OC(Cc1ccncc1)([C]1[CH][CH][CH][CH]1)c1ccccc1. The van der Waals surface area contributed by atoms with Crippen LogP contribution in [0.2, 0.25) is 0 Å². The Morgan fingerprint density at radius 2 is 1.55 bits per heavy atom. The maximum Gasteiger partial charge on any atom is 0.100 e. The van der Waals surface area contributed by atoms with Crippen molar-refractivity contribution in [2.24, 2.45) is 0 Å². The van der Waals surface area contributed by atoms with Gasteiger partial charge in [-0.2, -0.15) is 0 Å². The monoisotopic (exact) mass is 262 g/mol. The summed E-state index contributed by atoms with van der Waals surface area (Å²) in [5.74, 6) is 0.917. The van der Waals surface area contributed by atoms with E-state index in [0.29, 0.717) is 6.42 Å². The zero-order valence-electron chi connectivity index (χ0n) is 11.1. The standard InChI is InChI=1S/C18H16NO/c20-18(17-8-4-5-9-17,16-6-2-1-3-7-16)14-15-10-12-19-13-11-15/h1-13,20H,14H2. The topological polar surface area (TPSA) is 33.1 Å². The summed E-state index contributed by atoms with van der Waals surface area (Å²) in [6.07, 6.45) is 11.9. The fraction of sp³-hybridized carbons (Fsp3) is 0.111. The Labute approximate surface area is 120 Å². The average Bonchev–Trinajstić information content (AvgIpc) is 3.04. The normalized spacial score (nSPS) is 18.9. The minimum absolute atomic E-state index is 0.531. The van der Waals surface area contributed by atoms with E-state index in [1.807, 2.05) is 68.1 Å². The van der Waals surface area contributed by atoms with E-state index < -0.39 is 5.60 Å². The molecule has 5 radical (unpaired) electrons. The highest BCUT2D eigenvalue weighted by molar-refractivity contribution is 5.46. The molecule has 1 unspecified atom stereocenters. The Bertz CT molecular complexity index is 534. The molecular weight excluding hydrogens is 246 g/mol. The van der Waals surface area contributed by atoms with Crippen LogP contribution in [0.3, 0.4) is 0 Å². The van der Waals surface area contributed by atoms with E-state index >= 15 is 0 Å². The van der Waals surface area contributed by atoms with Crippen LogP contribution in [0.25, 0.3) is 0 Å². The van der Waals surface area contributed by atoms with Gasteiger partial charge in [0.25, 0.3) is 0 Å². The van der Waals surface area contributed by atoms with Crippen molar-refractivity contribution in [2.75, 3.05) is 0 Å². The first-order valence-corrected chi connectivity index (χ1v) is 6.68. The summed E-state index contributed by atoms with van der Waals surface area (Å²) in [5.41, 5.74) is 0.960. The summed E-state index contributed by atoms with van der Waals surface area (Å²) < 4.78 is 0. The third kappa shape index (κ3) is 2.61. The summed E-state index contributed by atoms with van der Waals surface area (Å²) in [6.45, 7) is 0. The van der Waals surface area contributed by atoms with E-state index in [2.05, 4.69) is 4.98 Å². The molecule has 2 aromatic rings. The van der Waals surface area contributed by atoms with Crippen molar-refractivity contribution in [1.29, 1.82) is 0 Å². The van der Waals surface area contributed by atoms with Gasteiger partial charge in [-0.05, 0) is 48.9 Å². The van der Waals surface area contributed by atoms with Gasteiger partial charge in [-0.3, -0.25) is 4.98 Å². The van der Waals surface area contributed by atoms with E-state index in [1.54, 1.807) is 12.4 Å². The van der Waals surface area contributed by atoms with Gasteiger partial charge in [0.15, 0.2) is 0 Å². The highest BCUT2D eigenvalue weighted by atomic mass is 16.3. The Kier molecular flexibility index (Phi) is 3.83. The van der Waals surface area contributed by atoms with Gasteiger partial charge in [-0.25, -0.2) is 0 Å². The predicted octanol–water partition coefficient (Wildman–Crippen LogP) is 2.92. The third-order valence-electron chi connectivity index (χ3n) is 3.60. The molecule has 1 aliphatic rings. The fourth-order valence-electron chi connectivity index (χ4n) is 2.53. The lowest BCUT2D eigenvalue weighted by Gasteiger charge is -2.34. The second-order valence-electron chi connectivity index (χ2n) is 4.93. The molecule has 0 bridgehead atoms. The highest BCUT2D eigenvalue weighted by Crippen LogP contribution is 2.42. The number of aromatic nitrogens is 1. The van der Waals surface area contributed by atoms with Crippen LogP contribution in [0.15, 0.2) is 54.9 Å². The lowest BCUT2D eigenvalue weighted by atomic mass is 9.76. The smallest absolute Gasteiger partial charge is 0.100 e. The van der Waals surface area contributed by atoms with Gasteiger partial charge in [-0.1, -0.05) is 30.3 Å². The Morgan fingerprint density at radius 1 is 0.900 bits per heavy atom. The molecule has 20 heavy (non-hydrogen) atoms. The van der Waals surface area contributed by atoms with Crippen molar-refractivity contribution in [1.82, 2.24) is 4.98 Å². The molecule has 1 aromatic carbocycles. The molecule has 99 valence electrons. The third-order valence-corrected chi connectivity index (χ3v) is 3.60. The first kappa shape index (κ1) is 13.3. The molecule has 1 N–H and O–H groups in total. The number of hydrogen-bond donors (Lipinski definition) is 1. The van der Waals surface area contributed by atoms with Crippen LogP contribution in [0, 0.1) is 31.6 Å². The Balaban J connectivity index is 1.95. The van der Waals surface area contributed by atoms with Crippen LogP contribution in [0.4, 0.5) is 0 Å². The molecule has 1 heterocycles. The van der Waals surface area contributed by atoms with Crippen LogP contribution in [0.1, 0.15) is 11.1 Å². The second-order valence-corrected chi connectivity index (χ2v) is 4.93. The van der Waals surface area contributed by atoms with Gasteiger partial charge in [0, 0.05) is 24.7 Å². The molecule has 1 saturated carbocycles. The molecule has 0 amide bonds. The second kappa shape index (κ2) is 5.76. The Hall–Kier alpha value is -1.67. The summed E-state index contributed by atoms with van der Waals surface area (Å²) >= 11 is 0. The van der Waals surface area contributed by atoms with Crippen molar-refractivity contribution in [3.8, 4) is 0 Å². The average molecular weight is 262 g/mol. The van der Waals surface area contributed by atoms with Crippen molar-refractivity contribution < 1.29 is 5.11 Å². The maximum atomic E-state index is 11.3. The first-order chi connectivity index (χ1) is 9.79. The quantitative estimate of drug-likeness (QED) is 0.919. The molecule has 2 nitrogen and oxygen atoms in total. The first-order valence-electron chi connectivity index (χ1n) is 6.68. The lowest BCUT2D eigenvalue weighted by molar-refractivity contribution is 0.0605. The van der Waals surface area contributed by atoms with Crippen LogP contribution >= 0.6 is 0 Å². The lowest BCUT2D eigenvalue weighted by Crippen LogP contribution is -2.35. The maximum absolute atomic E-state index is 11.3. The van der Waals surface area contributed by atoms with E-state index in [4.69, 9.17) is 0 Å². The highest BCUT2D eigenvalue weighted by Gasteiger charge is 2.40. The van der Waals surface area contributed by atoms with Crippen molar-refractivity contribution in [2.45, 2.75) is 12.0 Å². The number of pyridine rings is 1. The van der Waals surface area contributed by atoms with E-state index in [0.717, 1.165) is 17.0 Å². The molecule has 0 saturated heterocycles. The van der Waals surface area contributed by atoms with Crippen molar-refractivity contribution in [3.63, 3.8) is 0 Å². The van der Waals surface area contributed by atoms with E-state index in [1.165, 1.54) is 0 Å². The molecule has 1 atom stereocenters. The molecule has 3 rings (SSSR count). The number of hydrogen-bond acceptors (Lipinski definition) is 2. The van der Waals surface area contributed by atoms with Crippen LogP contribution in [0.5, 0.6) is 0 Å². The zero-order valence-corrected chi connectivity index (χ0v) is 11.1. The van der Waals surface area contributed by atoms with Gasteiger partial charge in [0.05, 0.1) is 0 Å². The van der Waals surface area contributed by atoms with Crippen LogP contribution in [-0.2, 0) is 12.0 Å². The number of benzene rings is 1. The fourth-order valence-corrected chi connectivity index (χ4v) is 2.53. The summed E-state index contributed by atoms with van der Waals surface area (Å²) in [5, 5.41) is 11.3. The van der Waals surface area contributed by atoms with Gasteiger partial charge >= 0.3 is 0 Å². The van der Waals surface area contributed by atoms with Crippen LogP contribution < -0.4 is 0 Å².